The molecule has 2 nitrogen and oxygen atoms in total. The summed E-state index contributed by atoms with van der Waals surface area (Å²) in [6, 6.07) is 12.2. The molecule has 0 atom stereocenters. The highest BCUT2D eigenvalue weighted by Crippen LogP contribution is 2.24. The third-order valence-corrected chi connectivity index (χ3v) is 3.88. The number of thioether (sulfide) groups is 1. The maximum absolute atomic E-state index is 8.86. The predicted octanol–water partition coefficient (Wildman–Crippen LogP) is 4.17. The average Bonchev–Trinajstić information content (AvgIpc) is 2.36. The van der Waals surface area contributed by atoms with E-state index in [0.29, 0.717) is 0 Å². The molecule has 1 heterocycles. The molecule has 0 aliphatic rings. The smallest absolute Gasteiger partial charge is 0.0991 e. The van der Waals surface area contributed by atoms with Crippen molar-refractivity contribution in [2.45, 2.75) is 31.6 Å². The van der Waals surface area contributed by atoms with E-state index in [9.17, 15) is 0 Å². The van der Waals surface area contributed by atoms with Gasteiger partial charge in [-0.2, -0.15) is 5.26 Å². The quantitative estimate of drug-likeness (QED) is 0.784. The van der Waals surface area contributed by atoms with Gasteiger partial charge in [0.15, 0.2) is 0 Å². The van der Waals surface area contributed by atoms with Gasteiger partial charge in [-0.25, -0.2) is 4.98 Å². The lowest BCUT2D eigenvalue weighted by molar-refractivity contribution is 1.05. The number of rotatable bonds is 3. The van der Waals surface area contributed by atoms with E-state index < -0.39 is 0 Å². The van der Waals surface area contributed by atoms with E-state index in [0.717, 1.165) is 27.6 Å². The van der Waals surface area contributed by atoms with Crippen LogP contribution in [-0.2, 0) is 5.75 Å². The minimum absolute atomic E-state index is 0.718. The number of aromatic nitrogens is 1. The normalized spacial score (nSPS) is 10.2. The fourth-order valence-corrected chi connectivity index (χ4v) is 3.06. The van der Waals surface area contributed by atoms with Crippen molar-refractivity contribution >= 4 is 11.8 Å². The van der Waals surface area contributed by atoms with Gasteiger partial charge in [-0.1, -0.05) is 6.07 Å². The first-order valence-corrected chi connectivity index (χ1v) is 7.15. The third-order valence-electron chi connectivity index (χ3n) is 2.92. The lowest BCUT2D eigenvalue weighted by atomic mass is 10.1. The summed E-state index contributed by atoms with van der Waals surface area (Å²) >= 11 is 1.74. The van der Waals surface area contributed by atoms with Crippen molar-refractivity contribution in [1.82, 2.24) is 4.98 Å². The fourth-order valence-electron chi connectivity index (χ4n) is 1.96. The SMILES string of the molecule is Cc1cc(C)nc(SCc2ccc(C#N)cc2C)c1. The van der Waals surface area contributed by atoms with Crippen LogP contribution in [0.25, 0.3) is 0 Å². The number of hydrogen-bond acceptors (Lipinski definition) is 3. The number of benzene rings is 1. The van der Waals surface area contributed by atoms with Crippen LogP contribution in [0.2, 0.25) is 0 Å². The molecule has 0 saturated heterocycles. The lowest BCUT2D eigenvalue weighted by Gasteiger charge is -2.07. The minimum atomic E-state index is 0.718. The van der Waals surface area contributed by atoms with Crippen molar-refractivity contribution in [3.05, 3.63) is 58.3 Å². The zero-order valence-electron chi connectivity index (χ0n) is 11.4. The number of nitriles is 1. The zero-order valence-corrected chi connectivity index (χ0v) is 12.2. The molecule has 1 aromatic heterocycles. The first kappa shape index (κ1) is 13.6. The molecular weight excluding hydrogens is 252 g/mol. The molecule has 96 valence electrons. The molecule has 0 aliphatic carbocycles. The molecule has 0 unspecified atom stereocenters. The second kappa shape index (κ2) is 5.90. The van der Waals surface area contributed by atoms with Crippen molar-refractivity contribution in [1.29, 1.82) is 5.26 Å². The van der Waals surface area contributed by atoms with Gasteiger partial charge in [0.1, 0.15) is 0 Å². The summed E-state index contributed by atoms with van der Waals surface area (Å²) < 4.78 is 0. The first-order chi connectivity index (χ1) is 9.08. The topological polar surface area (TPSA) is 36.7 Å². The number of hydrogen-bond donors (Lipinski definition) is 0. The maximum Gasteiger partial charge on any atom is 0.0991 e. The van der Waals surface area contributed by atoms with Gasteiger partial charge < -0.3 is 0 Å². The Morgan fingerprint density at radius 3 is 2.58 bits per heavy atom. The molecule has 0 saturated carbocycles. The Hall–Kier alpha value is -1.79. The summed E-state index contributed by atoms with van der Waals surface area (Å²) in [5.74, 6) is 0.882. The molecule has 2 aromatic rings. The number of aryl methyl sites for hydroxylation is 3. The van der Waals surface area contributed by atoms with Gasteiger partial charge in [0.25, 0.3) is 0 Å². The monoisotopic (exact) mass is 268 g/mol. The second-order valence-electron chi connectivity index (χ2n) is 4.67. The minimum Gasteiger partial charge on any atom is -0.247 e. The number of nitrogens with zero attached hydrogens (tertiary/aromatic N) is 2. The molecule has 0 radical (unpaired) electrons. The van der Waals surface area contributed by atoms with Gasteiger partial charge in [0.2, 0.25) is 0 Å². The summed E-state index contributed by atoms with van der Waals surface area (Å²) in [4.78, 5) is 4.52. The molecule has 0 bridgehead atoms. The van der Waals surface area contributed by atoms with E-state index in [1.807, 2.05) is 32.0 Å². The Balaban J connectivity index is 2.12. The fraction of sp³-hybridized carbons (Fsp3) is 0.250. The van der Waals surface area contributed by atoms with Crippen LogP contribution in [0.15, 0.2) is 35.4 Å². The number of pyridine rings is 1. The highest BCUT2D eigenvalue weighted by atomic mass is 32.2. The van der Waals surface area contributed by atoms with E-state index in [1.165, 1.54) is 11.1 Å². The Morgan fingerprint density at radius 1 is 1.16 bits per heavy atom. The molecule has 0 spiro atoms. The molecule has 3 heteroatoms. The molecule has 19 heavy (non-hydrogen) atoms. The Kier molecular flexibility index (Phi) is 4.24. The van der Waals surface area contributed by atoms with E-state index in [1.54, 1.807) is 11.8 Å². The van der Waals surface area contributed by atoms with Gasteiger partial charge in [-0.05, 0) is 61.7 Å². The van der Waals surface area contributed by atoms with Crippen LogP contribution in [0.3, 0.4) is 0 Å². The standard InChI is InChI=1S/C16H16N2S/c1-11-6-13(3)18-16(7-11)19-10-15-5-4-14(9-17)8-12(15)2/h4-8H,10H2,1-3H3. The highest BCUT2D eigenvalue weighted by Gasteiger charge is 2.03. The van der Waals surface area contributed by atoms with Crippen LogP contribution >= 0.6 is 11.8 Å². The Bertz CT molecular complexity index is 621. The van der Waals surface area contributed by atoms with Crippen LogP contribution in [-0.4, -0.2) is 4.98 Å². The van der Waals surface area contributed by atoms with Crippen LogP contribution in [0.1, 0.15) is 27.9 Å². The van der Waals surface area contributed by atoms with E-state index in [4.69, 9.17) is 5.26 Å². The highest BCUT2D eigenvalue weighted by molar-refractivity contribution is 7.98. The van der Waals surface area contributed by atoms with Crippen LogP contribution in [0, 0.1) is 32.1 Å². The van der Waals surface area contributed by atoms with Gasteiger partial charge >= 0.3 is 0 Å². The molecule has 0 N–H and O–H groups in total. The van der Waals surface area contributed by atoms with Crippen LogP contribution < -0.4 is 0 Å². The van der Waals surface area contributed by atoms with Crippen molar-refractivity contribution in [2.75, 3.05) is 0 Å². The molecular formula is C16H16N2S. The summed E-state index contributed by atoms with van der Waals surface area (Å²) in [5.41, 5.74) is 5.43. The van der Waals surface area contributed by atoms with Gasteiger partial charge in [0.05, 0.1) is 16.7 Å². The zero-order chi connectivity index (χ0) is 13.8. The van der Waals surface area contributed by atoms with Gasteiger partial charge in [-0.15, -0.1) is 11.8 Å². The predicted molar refractivity (Wildman–Crippen MR) is 79.2 cm³/mol. The van der Waals surface area contributed by atoms with Crippen molar-refractivity contribution in [3.63, 3.8) is 0 Å². The Labute approximate surface area is 118 Å². The largest absolute Gasteiger partial charge is 0.247 e. The van der Waals surface area contributed by atoms with Crippen molar-refractivity contribution in [3.8, 4) is 6.07 Å². The van der Waals surface area contributed by atoms with Crippen molar-refractivity contribution < 1.29 is 0 Å². The molecule has 2 rings (SSSR count). The summed E-state index contributed by atoms with van der Waals surface area (Å²) in [6.45, 7) is 6.15. The van der Waals surface area contributed by atoms with Crippen molar-refractivity contribution in [2.24, 2.45) is 0 Å². The second-order valence-corrected chi connectivity index (χ2v) is 5.66. The molecule has 0 amide bonds. The molecule has 0 aliphatic heterocycles. The van der Waals surface area contributed by atoms with Gasteiger partial charge in [-0.3, -0.25) is 0 Å². The van der Waals surface area contributed by atoms with E-state index >= 15 is 0 Å². The van der Waals surface area contributed by atoms with Gasteiger partial charge in [0, 0.05) is 11.4 Å². The van der Waals surface area contributed by atoms with E-state index in [-0.39, 0.29) is 0 Å². The third kappa shape index (κ3) is 3.59. The lowest BCUT2D eigenvalue weighted by Crippen LogP contribution is -1.91. The van der Waals surface area contributed by atoms with Crippen LogP contribution in [0.5, 0.6) is 0 Å². The molecule has 0 fully saturated rings. The van der Waals surface area contributed by atoms with E-state index in [2.05, 4.69) is 30.1 Å². The maximum atomic E-state index is 8.86. The summed E-state index contributed by atoms with van der Waals surface area (Å²) in [5, 5.41) is 9.91. The van der Waals surface area contributed by atoms with Crippen LogP contribution in [0.4, 0.5) is 0 Å². The summed E-state index contributed by atoms with van der Waals surface area (Å²) in [7, 11) is 0. The average molecular weight is 268 g/mol. The summed E-state index contributed by atoms with van der Waals surface area (Å²) in [6.07, 6.45) is 0. The molecule has 1 aromatic carbocycles. The Morgan fingerprint density at radius 2 is 1.95 bits per heavy atom. The first-order valence-electron chi connectivity index (χ1n) is 6.16.